The predicted octanol–water partition coefficient (Wildman–Crippen LogP) is 3.45. The Hall–Kier alpha value is -1.62. The summed E-state index contributed by atoms with van der Waals surface area (Å²) in [6.45, 7) is 8.57. The maximum absolute atomic E-state index is 13.9. The fourth-order valence-corrected chi connectivity index (χ4v) is 2.97. The zero-order chi connectivity index (χ0) is 15.5. The lowest BCUT2D eigenvalue weighted by atomic mass is 10.1. The second kappa shape index (κ2) is 6.65. The third kappa shape index (κ3) is 3.58. The van der Waals surface area contributed by atoms with Gasteiger partial charge < -0.3 is 9.64 Å². The number of halogens is 1. The van der Waals surface area contributed by atoms with Gasteiger partial charge in [-0.1, -0.05) is 13.8 Å². The van der Waals surface area contributed by atoms with E-state index < -0.39 is 0 Å². The quantitative estimate of drug-likeness (QED) is 0.888. The lowest BCUT2D eigenvalue weighted by molar-refractivity contribution is 0.237. The molecule has 1 saturated heterocycles. The molecular weight excluding hydrogens is 281 g/mol. The summed E-state index contributed by atoms with van der Waals surface area (Å²) in [6, 6.07) is 3.26. The van der Waals surface area contributed by atoms with Crippen molar-refractivity contribution in [2.24, 2.45) is 11.8 Å². The second-order valence-corrected chi connectivity index (χ2v) is 6.69. The Kier molecular flexibility index (Phi) is 4.62. The lowest BCUT2D eigenvalue weighted by Gasteiger charge is -2.17. The first-order valence-electron chi connectivity index (χ1n) is 8.09. The first-order chi connectivity index (χ1) is 10.6. The predicted molar refractivity (Wildman–Crippen MR) is 85.5 cm³/mol. The van der Waals surface area contributed by atoms with Gasteiger partial charge in [-0.15, -0.1) is 0 Å². The van der Waals surface area contributed by atoms with Gasteiger partial charge in [-0.25, -0.2) is 4.39 Å². The molecule has 4 nitrogen and oxygen atoms in total. The molecule has 1 aromatic heterocycles. The Morgan fingerprint density at radius 3 is 3.14 bits per heavy atom. The number of hydrogen-bond acceptors (Lipinski definition) is 3. The zero-order valence-electron chi connectivity index (χ0n) is 13.3. The first-order valence-corrected chi connectivity index (χ1v) is 8.09. The van der Waals surface area contributed by atoms with E-state index in [0.717, 1.165) is 25.4 Å². The van der Waals surface area contributed by atoms with Crippen LogP contribution < -0.4 is 4.74 Å². The summed E-state index contributed by atoms with van der Waals surface area (Å²) in [6.07, 6.45) is 3.90. The highest BCUT2D eigenvalue weighted by atomic mass is 19.1. The molecule has 0 bridgehead atoms. The Morgan fingerprint density at radius 1 is 1.45 bits per heavy atom. The van der Waals surface area contributed by atoms with Crippen molar-refractivity contribution in [3.05, 3.63) is 24.1 Å². The fraction of sp³-hybridized carbons (Fsp3) is 0.588. The van der Waals surface area contributed by atoms with Crippen LogP contribution in [0.25, 0.3) is 10.9 Å². The minimum absolute atomic E-state index is 0.286. The average Bonchev–Trinajstić information content (AvgIpc) is 3.12. The molecule has 0 saturated carbocycles. The van der Waals surface area contributed by atoms with Gasteiger partial charge in [0.1, 0.15) is 11.6 Å². The highest BCUT2D eigenvalue weighted by molar-refractivity contribution is 5.80. The number of ether oxygens (including phenoxy) is 1. The number of fused-ring (bicyclic) bond motifs is 1. The van der Waals surface area contributed by atoms with Gasteiger partial charge in [-0.2, -0.15) is 5.10 Å². The number of aromatic amines is 1. The third-order valence-corrected chi connectivity index (χ3v) is 4.36. The van der Waals surface area contributed by atoms with Gasteiger partial charge in [0.15, 0.2) is 0 Å². The van der Waals surface area contributed by atoms with Crippen molar-refractivity contribution in [2.75, 3.05) is 26.2 Å². The number of H-pyrrole nitrogens is 1. The van der Waals surface area contributed by atoms with Crippen LogP contribution in [0.5, 0.6) is 5.75 Å². The molecule has 2 aromatic rings. The molecule has 0 spiro atoms. The van der Waals surface area contributed by atoms with Gasteiger partial charge in [0.2, 0.25) is 0 Å². The van der Waals surface area contributed by atoms with E-state index in [4.69, 9.17) is 4.74 Å². The zero-order valence-corrected chi connectivity index (χ0v) is 13.3. The van der Waals surface area contributed by atoms with E-state index in [1.165, 1.54) is 25.2 Å². The van der Waals surface area contributed by atoms with Crippen molar-refractivity contribution >= 4 is 10.9 Å². The van der Waals surface area contributed by atoms with E-state index in [2.05, 4.69) is 28.9 Å². The van der Waals surface area contributed by atoms with Crippen molar-refractivity contribution in [2.45, 2.75) is 26.7 Å². The molecule has 5 heteroatoms. The minimum Gasteiger partial charge on any atom is -0.493 e. The Bertz CT molecular complexity index is 625. The number of benzene rings is 1. The van der Waals surface area contributed by atoms with E-state index in [0.29, 0.717) is 29.2 Å². The van der Waals surface area contributed by atoms with E-state index in [1.54, 1.807) is 0 Å². The summed E-state index contributed by atoms with van der Waals surface area (Å²) in [5, 5.41) is 7.15. The summed E-state index contributed by atoms with van der Waals surface area (Å²) in [4.78, 5) is 2.51. The highest BCUT2D eigenvalue weighted by Crippen LogP contribution is 2.24. The van der Waals surface area contributed by atoms with Crippen LogP contribution in [-0.4, -0.2) is 41.3 Å². The fourth-order valence-electron chi connectivity index (χ4n) is 2.97. The minimum atomic E-state index is -0.286. The molecule has 22 heavy (non-hydrogen) atoms. The lowest BCUT2D eigenvalue weighted by Crippen LogP contribution is -2.24. The smallest absolute Gasteiger partial charge is 0.137 e. The van der Waals surface area contributed by atoms with E-state index in [-0.39, 0.29) is 5.82 Å². The average molecular weight is 305 g/mol. The number of rotatable bonds is 6. The number of likely N-dealkylation sites (tertiary alicyclic amines) is 1. The Balaban J connectivity index is 1.52. The van der Waals surface area contributed by atoms with Crippen LogP contribution in [0, 0.1) is 17.7 Å². The monoisotopic (exact) mass is 305 g/mol. The van der Waals surface area contributed by atoms with Crippen LogP contribution in [0.2, 0.25) is 0 Å². The second-order valence-electron chi connectivity index (χ2n) is 6.69. The van der Waals surface area contributed by atoms with Gasteiger partial charge in [0.05, 0.1) is 23.7 Å². The van der Waals surface area contributed by atoms with Gasteiger partial charge in [-0.05, 0) is 31.8 Å². The molecule has 1 aliphatic heterocycles. The Labute approximate surface area is 130 Å². The van der Waals surface area contributed by atoms with E-state index >= 15 is 0 Å². The maximum atomic E-state index is 13.9. The first kappa shape index (κ1) is 15.3. The number of nitrogens with one attached hydrogen (secondary N) is 1. The molecule has 0 aliphatic carbocycles. The molecule has 1 aliphatic rings. The van der Waals surface area contributed by atoms with E-state index in [9.17, 15) is 4.39 Å². The highest BCUT2D eigenvalue weighted by Gasteiger charge is 2.23. The standard InChI is InChI=1S/C17H24FN3O/c1-12(2)3-5-21-6-4-13(10-21)11-22-14-7-16(18)15-9-19-20-17(15)8-14/h7-9,12-13H,3-6,10-11H2,1-2H3,(H,19,20). The molecule has 0 radical (unpaired) electrons. The molecule has 0 amide bonds. The molecule has 1 aromatic carbocycles. The van der Waals surface area contributed by atoms with Gasteiger partial charge in [0, 0.05) is 24.6 Å². The number of hydrogen-bond donors (Lipinski definition) is 1. The Morgan fingerprint density at radius 2 is 2.32 bits per heavy atom. The van der Waals surface area contributed by atoms with Crippen molar-refractivity contribution in [3.8, 4) is 5.75 Å². The summed E-state index contributed by atoms with van der Waals surface area (Å²) < 4.78 is 19.7. The third-order valence-electron chi connectivity index (χ3n) is 4.36. The van der Waals surface area contributed by atoms with E-state index in [1.807, 2.05) is 6.07 Å². The largest absolute Gasteiger partial charge is 0.493 e. The van der Waals surface area contributed by atoms with Crippen LogP contribution >= 0.6 is 0 Å². The van der Waals surface area contributed by atoms with Crippen LogP contribution in [0.1, 0.15) is 26.7 Å². The van der Waals surface area contributed by atoms with Crippen LogP contribution in [-0.2, 0) is 0 Å². The number of nitrogens with zero attached hydrogens (tertiary/aromatic N) is 2. The van der Waals surface area contributed by atoms with Gasteiger partial charge in [-0.3, -0.25) is 5.10 Å². The molecule has 1 unspecified atom stereocenters. The molecule has 1 N–H and O–H groups in total. The number of aromatic nitrogens is 2. The van der Waals surface area contributed by atoms with Gasteiger partial charge in [0.25, 0.3) is 0 Å². The SMILES string of the molecule is CC(C)CCN1CCC(COc2cc(F)c3cn[nH]c3c2)C1. The summed E-state index contributed by atoms with van der Waals surface area (Å²) in [5.74, 6) is 1.58. The molecule has 120 valence electrons. The molecule has 1 atom stereocenters. The van der Waals surface area contributed by atoms with Gasteiger partial charge >= 0.3 is 0 Å². The van der Waals surface area contributed by atoms with Crippen molar-refractivity contribution in [3.63, 3.8) is 0 Å². The maximum Gasteiger partial charge on any atom is 0.137 e. The summed E-state index contributed by atoms with van der Waals surface area (Å²) in [7, 11) is 0. The van der Waals surface area contributed by atoms with Crippen LogP contribution in [0.3, 0.4) is 0 Å². The molecule has 1 fully saturated rings. The summed E-state index contributed by atoms with van der Waals surface area (Å²) in [5.41, 5.74) is 0.681. The van der Waals surface area contributed by atoms with Crippen molar-refractivity contribution in [1.82, 2.24) is 15.1 Å². The molecule has 3 rings (SSSR count). The molecular formula is C17H24FN3O. The topological polar surface area (TPSA) is 41.1 Å². The van der Waals surface area contributed by atoms with Crippen LogP contribution in [0.4, 0.5) is 4.39 Å². The normalized spacial score (nSPS) is 19.4. The van der Waals surface area contributed by atoms with Crippen molar-refractivity contribution in [1.29, 1.82) is 0 Å². The summed E-state index contributed by atoms with van der Waals surface area (Å²) >= 11 is 0. The van der Waals surface area contributed by atoms with Crippen molar-refractivity contribution < 1.29 is 9.13 Å². The van der Waals surface area contributed by atoms with Crippen LogP contribution in [0.15, 0.2) is 18.3 Å². The molecule has 2 heterocycles.